The van der Waals surface area contributed by atoms with Crippen LogP contribution in [0.5, 0.6) is 0 Å². The summed E-state index contributed by atoms with van der Waals surface area (Å²) in [6.45, 7) is 2.79. The number of likely N-dealkylation sites (tertiary alicyclic amines) is 1. The van der Waals surface area contributed by atoms with Gasteiger partial charge in [-0.15, -0.1) is 0 Å². The van der Waals surface area contributed by atoms with Crippen molar-refractivity contribution >= 4 is 15.9 Å². The van der Waals surface area contributed by atoms with Gasteiger partial charge in [-0.3, -0.25) is 4.79 Å². The average molecular weight is 382 g/mol. The monoisotopic (exact) mass is 382 g/mol. The summed E-state index contributed by atoms with van der Waals surface area (Å²) in [5.74, 6) is -0.129. The first-order valence-corrected chi connectivity index (χ1v) is 10.5. The summed E-state index contributed by atoms with van der Waals surface area (Å²) < 4.78 is 45.4. The molecule has 3 fully saturated rings. The van der Waals surface area contributed by atoms with Crippen LogP contribution in [0.3, 0.4) is 0 Å². The average Bonchev–Trinajstić information content (AvgIpc) is 3.23. The molecule has 1 spiro atoms. The van der Waals surface area contributed by atoms with E-state index in [1.54, 1.807) is 0 Å². The molecule has 0 aromatic heterocycles. The smallest absolute Gasteiger partial charge is 0.243 e. The molecule has 1 aromatic rings. The van der Waals surface area contributed by atoms with Gasteiger partial charge in [0.2, 0.25) is 15.9 Å². The second kappa shape index (κ2) is 6.58. The highest BCUT2D eigenvalue weighted by Crippen LogP contribution is 2.41. The van der Waals surface area contributed by atoms with E-state index in [0.29, 0.717) is 32.5 Å². The SMILES string of the molecule is O=C(CC1COC2(C1)CN(S(=O)(=O)c1ccc(F)cc1)C2)N1CCCC1. The molecular formula is C18H23FN2O4S. The van der Waals surface area contributed by atoms with E-state index in [1.807, 2.05) is 4.90 Å². The predicted octanol–water partition coefficient (Wildman–Crippen LogP) is 1.62. The summed E-state index contributed by atoms with van der Waals surface area (Å²) in [7, 11) is -3.62. The lowest BCUT2D eigenvalue weighted by Crippen LogP contribution is -2.63. The van der Waals surface area contributed by atoms with E-state index in [-0.39, 0.29) is 16.7 Å². The van der Waals surface area contributed by atoms with Crippen LogP contribution in [0.2, 0.25) is 0 Å². The van der Waals surface area contributed by atoms with Gasteiger partial charge in [-0.05, 0) is 49.4 Å². The molecule has 0 bridgehead atoms. The number of nitrogens with zero attached hydrogens (tertiary/aromatic N) is 2. The number of benzene rings is 1. The van der Waals surface area contributed by atoms with Crippen molar-refractivity contribution in [3.05, 3.63) is 30.1 Å². The summed E-state index contributed by atoms with van der Waals surface area (Å²) in [6, 6.07) is 4.86. The Balaban J connectivity index is 1.34. The van der Waals surface area contributed by atoms with Crippen molar-refractivity contribution in [2.24, 2.45) is 5.92 Å². The van der Waals surface area contributed by atoms with Gasteiger partial charge in [-0.2, -0.15) is 4.31 Å². The van der Waals surface area contributed by atoms with Gasteiger partial charge in [0, 0.05) is 32.6 Å². The Morgan fingerprint density at radius 3 is 2.50 bits per heavy atom. The zero-order valence-electron chi connectivity index (χ0n) is 14.6. The molecule has 0 N–H and O–H groups in total. The molecule has 0 radical (unpaired) electrons. The lowest BCUT2D eigenvalue weighted by atomic mass is 9.87. The first kappa shape index (κ1) is 17.9. The zero-order valence-corrected chi connectivity index (χ0v) is 15.4. The summed E-state index contributed by atoms with van der Waals surface area (Å²) in [5, 5.41) is 0. The van der Waals surface area contributed by atoms with E-state index in [0.717, 1.165) is 38.1 Å². The van der Waals surface area contributed by atoms with Crippen LogP contribution in [0.4, 0.5) is 4.39 Å². The van der Waals surface area contributed by atoms with Crippen LogP contribution in [0.25, 0.3) is 0 Å². The maximum absolute atomic E-state index is 13.0. The number of carbonyl (C=O) groups is 1. The number of sulfonamides is 1. The van der Waals surface area contributed by atoms with Crippen LogP contribution >= 0.6 is 0 Å². The summed E-state index contributed by atoms with van der Waals surface area (Å²) in [6.07, 6.45) is 3.34. The Hall–Kier alpha value is -1.51. The van der Waals surface area contributed by atoms with Gasteiger partial charge >= 0.3 is 0 Å². The Morgan fingerprint density at radius 1 is 1.19 bits per heavy atom. The van der Waals surface area contributed by atoms with Gasteiger partial charge in [-0.25, -0.2) is 12.8 Å². The molecule has 142 valence electrons. The van der Waals surface area contributed by atoms with Crippen LogP contribution in [0.1, 0.15) is 25.7 Å². The third-order valence-corrected chi connectivity index (χ3v) is 7.39. The molecular weight excluding hydrogens is 359 g/mol. The number of carbonyl (C=O) groups excluding carboxylic acids is 1. The highest BCUT2D eigenvalue weighted by Gasteiger charge is 2.53. The zero-order chi connectivity index (χ0) is 18.4. The second-order valence-electron chi connectivity index (χ2n) is 7.58. The van der Waals surface area contributed by atoms with Crippen LogP contribution < -0.4 is 0 Å². The quantitative estimate of drug-likeness (QED) is 0.794. The topological polar surface area (TPSA) is 66.9 Å². The van der Waals surface area contributed by atoms with Crippen molar-refractivity contribution in [1.29, 1.82) is 0 Å². The number of ether oxygens (including phenoxy) is 1. The molecule has 3 aliphatic heterocycles. The van der Waals surface area contributed by atoms with Crippen LogP contribution in [-0.2, 0) is 19.6 Å². The minimum atomic E-state index is -3.62. The fourth-order valence-electron chi connectivity index (χ4n) is 4.15. The molecule has 1 unspecified atom stereocenters. The van der Waals surface area contributed by atoms with Gasteiger partial charge in [0.15, 0.2) is 0 Å². The summed E-state index contributed by atoms with van der Waals surface area (Å²) in [5.41, 5.74) is -0.469. The van der Waals surface area contributed by atoms with Crippen LogP contribution in [0.15, 0.2) is 29.2 Å². The molecule has 1 amide bonds. The van der Waals surface area contributed by atoms with Gasteiger partial charge < -0.3 is 9.64 Å². The Bertz CT molecular complexity index is 784. The third kappa shape index (κ3) is 3.25. The van der Waals surface area contributed by atoms with E-state index >= 15 is 0 Å². The first-order chi connectivity index (χ1) is 12.4. The molecule has 1 aromatic carbocycles. The molecule has 3 aliphatic rings. The Labute approximate surface area is 153 Å². The van der Waals surface area contributed by atoms with Crippen molar-refractivity contribution in [2.45, 2.75) is 36.2 Å². The lowest BCUT2D eigenvalue weighted by molar-refractivity contribution is -0.131. The van der Waals surface area contributed by atoms with E-state index in [1.165, 1.54) is 16.4 Å². The maximum atomic E-state index is 13.0. The van der Waals surface area contributed by atoms with Gasteiger partial charge in [0.05, 0.1) is 17.1 Å². The molecule has 6 nitrogen and oxygen atoms in total. The number of hydrogen-bond donors (Lipinski definition) is 0. The molecule has 1 atom stereocenters. The molecule has 26 heavy (non-hydrogen) atoms. The highest BCUT2D eigenvalue weighted by molar-refractivity contribution is 7.89. The summed E-state index contributed by atoms with van der Waals surface area (Å²) >= 11 is 0. The van der Waals surface area contributed by atoms with Crippen molar-refractivity contribution in [1.82, 2.24) is 9.21 Å². The predicted molar refractivity (Wildman–Crippen MR) is 92.4 cm³/mol. The molecule has 3 heterocycles. The van der Waals surface area contributed by atoms with Crippen LogP contribution in [0, 0.1) is 11.7 Å². The van der Waals surface area contributed by atoms with E-state index in [4.69, 9.17) is 4.74 Å². The van der Waals surface area contributed by atoms with E-state index in [9.17, 15) is 17.6 Å². The number of hydrogen-bond acceptors (Lipinski definition) is 4. The van der Waals surface area contributed by atoms with Gasteiger partial charge in [0.1, 0.15) is 5.82 Å². The van der Waals surface area contributed by atoms with Gasteiger partial charge in [0.25, 0.3) is 0 Å². The lowest BCUT2D eigenvalue weighted by Gasteiger charge is -2.46. The normalized spacial score (nSPS) is 25.6. The minimum absolute atomic E-state index is 0.0903. The number of rotatable bonds is 4. The second-order valence-corrected chi connectivity index (χ2v) is 9.52. The molecule has 0 aliphatic carbocycles. The number of halogens is 1. The van der Waals surface area contributed by atoms with E-state index in [2.05, 4.69) is 0 Å². The first-order valence-electron chi connectivity index (χ1n) is 9.05. The number of amides is 1. The minimum Gasteiger partial charge on any atom is -0.372 e. The fraction of sp³-hybridized carbons (Fsp3) is 0.611. The van der Waals surface area contributed by atoms with Crippen molar-refractivity contribution in [2.75, 3.05) is 32.8 Å². The molecule has 4 rings (SSSR count). The molecule has 8 heteroatoms. The Morgan fingerprint density at radius 2 is 1.85 bits per heavy atom. The van der Waals surface area contributed by atoms with Crippen LogP contribution in [-0.4, -0.2) is 61.9 Å². The Kier molecular flexibility index (Phi) is 4.53. The standard InChI is InChI=1S/C18H23FN2O4S/c19-15-3-5-16(6-4-15)26(23,24)21-12-18(13-21)10-14(11-25-18)9-17(22)20-7-1-2-8-20/h3-6,14H,1-2,7-13H2. The van der Waals surface area contributed by atoms with Crippen molar-refractivity contribution < 1.29 is 22.3 Å². The third-order valence-electron chi connectivity index (χ3n) is 5.59. The van der Waals surface area contributed by atoms with Crippen molar-refractivity contribution in [3.8, 4) is 0 Å². The van der Waals surface area contributed by atoms with Crippen molar-refractivity contribution in [3.63, 3.8) is 0 Å². The molecule has 3 saturated heterocycles. The largest absolute Gasteiger partial charge is 0.372 e. The highest BCUT2D eigenvalue weighted by atomic mass is 32.2. The van der Waals surface area contributed by atoms with Gasteiger partial charge in [-0.1, -0.05) is 0 Å². The maximum Gasteiger partial charge on any atom is 0.243 e. The fourth-order valence-corrected chi connectivity index (χ4v) is 5.74. The molecule has 0 saturated carbocycles. The summed E-state index contributed by atoms with van der Waals surface area (Å²) in [4.78, 5) is 14.3. The van der Waals surface area contributed by atoms with E-state index < -0.39 is 21.4 Å².